The van der Waals surface area contributed by atoms with Gasteiger partial charge in [-0.3, -0.25) is 4.90 Å². The van der Waals surface area contributed by atoms with Gasteiger partial charge in [0.2, 0.25) is 0 Å². The van der Waals surface area contributed by atoms with Crippen LogP contribution in [0.5, 0.6) is 0 Å². The van der Waals surface area contributed by atoms with Gasteiger partial charge < -0.3 is 4.79 Å². The van der Waals surface area contributed by atoms with Gasteiger partial charge in [0.05, 0.1) is 6.04 Å². The highest BCUT2D eigenvalue weighted by molar-refractivity contribution is 7.81. The molecule has 2 atom stereocenters. The molecule has 1 heterocycles. The quantitative estimate of drug-likeness (QED) is 0.496. The summed E-state index contributed by atoms with van der Waals surface area (Å²) in [5.74, 6) is -0.212. The molecule has 0 radical (unpaired) electrons. The number of rotatable bonds is 4. The van der Waals surface area contributed by atoms with E-state index in [-0.39, 0.29) is 29.5 Å². The van der Waals surface area contributed by atoms with Gasteiger partial charge in [-0.25, -0.2) is 4.39 Å². The van der Waals surface area contributed by atoms with Crippen LogP contribution in [0.3, 0.4) is 0 Å². The highest BCUT2D eigenvalue weighted by Gasteiger charge is 2.53. The van der Waals surface area contributed by atoms with Gasteiger partial charge in [0.25, 0.3) is 0 Å². The van der Waals surface area contributed by atoms with Gasteiger partial charge in [0, 0.05) is 29.3 Å². The summed E-state index contributed by atoms with van der Waals surface area (Å²) >= 11 is 4.63. The predicted molar refractivity (Wildman–Crippen MR) is 96.8 cm³/mol. The molecule has 2 unspecified atom stereocenters. The lowest BCUT2D eigenvalue weighted by Gasteiger charge is -2.40. The van der Waals surface area contributed by atoms with Crippen LogP contribution < -0.4 is 0 Å². The van der Waals surface area contributed by atoms with Gasteiger partial charge in [-0.05, 0) is 37.8 Å². The summed E-state index contributed by atoms with van der Waals surface area (Å²) in [7, 11) is 0. The normalized spacial score (nSPS) is 26.4. The number of carbonyl (C=O) groups excluding carboxylic acids is 1. The molecule has 0 aromatic heterocycles. The molecule has 126 valence electrons. The monoisotopic (exact) mass is 355 g/mol. The zero-order valence-corrected chi connectivity index (χ0v) is 15.0. The predicted octanol–water partition coefficient (Wildman–Crippen LogP) is 4.22. The lowest BCUT2D eigenvalue weighted by molar-refractivity contribution is -0.114. The first-order valence-electron chi connectivity index (χ1n) is 7.89. The van der Waals surface area contributed by atoms with Gasteiger partial charge in [-0.2, -0.15) is 12.6 Å². The zero-order valence-electron chi connectivity index (χ0n) is 13.2. The maximum atomic E-state index is 14.4. The number of hydrogen-bond donors (Lipinski definition) is 1. The highest BCUT2D eigenvalue weighted by atomic mass is 35.5. The number of nitrogens with zero attached hydrogens (tertiary/aromatic N) is 1. The van der Waals surface area contributed by atoms with Crippen LogP contribution in [-0.2, 0) is 4.79 Å². The number of thiol groups is 1. The first-order valence-corrected chi connectivity index (χ1v) is 8.41. The Morgan fingerprint density at radius 2 is 2.09 bits per heavy atom. The Labute approximate surface area is 149 Å². The Balaban J connectivity index is 0.00000192. The first-order chi connectivity index (χ1) is 10.6. The maximum Gasteiger partial charge on any atom is 0.128 e. The number of piperidine rings is 1. The fourth-order valence-electron chi connectivity index (χ4n) is 3.56. The Hall–Kier alpha value is -0.840. The summed E-state index contributed by atoms with van der Waals surface area (Å²) in [6.07, 6.45) is 5.78. The third-order valence-electron chi connectivity index (χ3n) is 5.05. The van der Waals surface area contributed by atoms with Crippen LogP contribution in [-0.4, -0.2) is 29.5 Å². The fraction of sp³-hybridized carbons (Fsp3) is 0.500. The molecule has 3 rings (SSSR count). The number of allylic oxidation sites excluding steroid dienone is 1. The van der Waals surface area contributed by atoms with Crippen molar-refractivity contribution in [1.29, 1.82) is 0 Å². The second-order valence-electron chi connectivity index (χ2n) is 6.41. The molecule has 1 aromatic rings. The molecule has 0 N–H and O–H groups in total. The number of carbonyl (C=O) groups is 1. The first kappa shape index (κ1) is 18.5. The molecule has 1 aliphatic carbocycles. The molecule has 1 saturated carbocycles. The van der Waals surface area contributed by atoms with Gasteiger partial charge in [-0.1, -0.05) is 24.3 Å². The van der Waals surface area contributed by atoms with E-state index in [1.165, 1.54) is 11.6 Å². The zero-order chi connectivity index (χ0) is 15.7. The van der Waals surface area contributed by atoms with E-state index in [1.807, 2.05) is 19.1 Å². The minimum absolute atomic E-state index is 0. The summed E-state index contributed by atoms with van der Waals surface area (Å²) in [4.78, 5) is 14.0. The molecule has 0 spiro atoms. The third-order valence-corrected chi connectivity index (χ3v) is 5.64. The Kier molecular flexibility index (Phi) is 5.93. The molecule has 2 aliphatic rings. The average Bonchev–Trinajstić information content (AvgIpc) is 3.32. The van der Waals surface area contributed by atoms with Crippen LogP contribution in [0, 0.1) is 11.2 Å². The van der Waals surface area contributed by atoms with Gasteiger partial charge in [0.1, 0.15) is 12.1 Å². The Bertz CT molecular complexity index is 602. The van der Waals surface area contributed by atoms with Crippen LogP contribution in [0.4, 0.5) is 4.39 Å². The number of halogens is 2. The number of hydrogen-bond acceptors (Lipinski definition) is 3. The fourth-order valence-corrected chi connectivity index (χ4v) is 3.91. The molecule has 0 bridgehead atoms. The molecule has 23 heavy (non-hydrogen) atoms. The second kappa shape index (κ2) is 7.37. The van der Waals surface area contributed by atoms with Gasteiger partial charge in [0.15, 0.2) is 0 Å². The van der Waals surface area contributed by atoms with E-state index in [0.717, 1.165) is 38.6 Å². The lowest BCUT2D eigenvalue weighted by atomic mass is 9.87. The SMILES string of the molecule is CC=C1CN(C(c2ccccc2F)C2(C=O)CC2)CCC1S.Cl. The summed E-state index contributed by atoms with van der Waals surface area (Å²) in [5, 5.41) is 0.272. The van der Waals surface area contributed by atoms with Crippen molar-refractivity contribution < 1.29 is 9.18 Å². The molecule has 2 fully saturated rings. The van der Waals surface area contributed by atoms with Gasteiger partial charge in [-0.15, -0.1) is 12.4 Å². The molecule has 1 aromatic carbocycles. The molecular formula is C18H23ClFNOS. The van der Waals surface area contributed by atoms with Crippen molar-refractivity contribution in [2.24, 2.45) is 5.41 Å². The van der Waals surface area contributed by atoms with Crippen LogP contribution in [0.1, 0.15) is 37.8 Å². The Morgan fingerprint density at radius 1 is 1.39 bits per heavy atom. The average molecular weight is 356 g/mol. The molecule has 0 amide bonds. The largest absolute Gasteiger partial charge is 0.303 e. The minimum atomic E-state index is -0.412. The van der Waals surface area contributed by atoms with Crippen LogP contribution in [0.25, 0.3) is 0 Å². The molecule has 1 saturated heterocycles. The van der Waals surface area contributed by atoms with Crippen molar-refractivity contribution in [3.8, 4) is 0 Å². The standard InChI is InChI=1S/C18H22FNOS.ClH/c1-2-13-11-20(10-7-16(13)22)17(18(12-21)8-9-18)14-5-3-4-6-15(14)19;/h2-6,12,16-17,22H,7-11H2,1H3;1H. The molecule has 5 heteroatoms. The maximum absolute atomic E-state index is 14.4. The van der Waals surface area contributed by atoms with E-state index in [4.69, 9.17) is 0 Å². The van der Waals surface area contributed by atoms with Gasteiger partial charge >= 0.3 is 0 Å². The van der Waals surface area contributed by atoms with Crippen molar-refractivity contribution in [3.63, 3.8) is 0 Å². The van der Waals surface area contributed by atoms with E-state index in [0.29, 0.717) is 5.56 Å². The summed E-state index contributed by atoms with van der Waals surface area (Å²) in [5.41, 5.74) is 1.50. The van der Waals surface area contributed by atoms with Crippen molar-refractivity contribution in [1.82, 2.24) is 4.90 Å². The molecule has 2 nitrogen and oxygen atoms in total. The highest BCUT2D eigenvalue weighted by Crippen LogP contribution is 2.56. The van der Waals surface area contributed by atoms with E-state index >= 15 is 0 Å². The summed E-state index contributed by atoms with van der Waals surface area (Å²) in [6, 6.07) is 6.71. The number of benzene rings is 1. The smallest absolute Gasteiger partial charge is 0.128 e. The van der Waals surface area contributed by atoms with E-state index < -0.39 is 5.41 Å². The van der Waals surface area contributed by atoms with Crippen LogP contribution in [0.2, 0.25) is 0 Å². The number of likely N-dealkylation sites (tertiary alicyclic amines) is 1. The minimum Gasteiger partial charge on any atom is -0.303 e. The van der Waals surface area contributed by atoms with E-state index in [9.17, 15) is 9.18 Å². The van der Waals surface area contributed by atoms with Crippen molar-refractivity contribution in [2.75, 3.05) is 13.1 Å². The van der Waals surface area contributed by atoms with Crippen molar-refractivity contribution in [3.05, 3.63) is 47.3 Å². The van der Waals surface area contributed by atoms with Crippen molar-refractivity contribution in [2.45, 2.75) is 37.5 Å². The molecular weight excluding hydrogens is 333 g/mol. The number of aldehydes is 1. The van der Waals surface area contributed by atoms with E-state index in [1.54, 1.807) is 6.07 Å². The Morgan fingerprint density at radius 3 is 2.65 bits per heavy atom. The summed E-state index contributed by atoms with van der Waals surface area (Å²) < 4.78 is 14.4. The topological polar surface area (TPSA) is 20.3 Å². The molecule has 1 aliphatic heterocycles. The van der Waals surface area contributed by atoms with Crippen LogP contribution in [0.15, 0.2) is 35.9 Å². The van der Waals surface area contributed by atoms with Crippen LogP contribution >= 0.6 is 25.0 Å². The van der Waals surface area contributed by atoms with Crippen molar-refractivity contribution >= 4 is 31.3 Å². The van der Waals surface area contributed by atoms with E-state index in [2.05, 4.69) is 23.6 Å². The second-order valence-corrected chi connectivity index (χ2v) is 7.04. The summed E-state index contributed by atoms with van der Waals surface area (Å²) in [6.45, 7) is 3.63. The third kappa shape index (κ3) is 3.49. The lowest BCUT2D eigenvalue weighted by Crippen LogP contribution is -2.43.